The lowest BCUT2D eigenvalue weighted by Crippen LogP contribution is -2.27. The summed E-state index contributed by atoms with van der Waals surface area (Å²) in [5.41, 5.74) is 3.17. The molecule has 1 atom stereocenters. The minimum Gasteiger partial charge on any atom is -0.312 e. The van der Waals surface area contributed by atoms with Crippen molar-refractivity contribution in [1.29, 1.82) is 0 Å². The van der Waals surface area contributed by atoms with Crippen molar-refractivity contribution in [3.63, 3.8) is 0 Å². The number of benzene rings is 1. The number of rotatable bonds is 6. The molecule has 2 heterocycles. The molecule has 1 aromatic carbocycles. The lowest BCUT2D eigenvalue weighted by Gasteiger charge is -2.19. The van der Waals surface area contributed by atoms with E-state index in [1.807, 2.05) is 18.2 Å². The Kier molecular flexibility index (Phi) is 5.32. The minimum atomic E-state index is -0.0511. The van der Waals surface area contributed by atoms with Gasteiger partial charge in [0.15, 0.2) is 0 Å². The molecule has 2 aliphatic rings. The Labute approximate surface area is 167 Å². The van der Waals surface area contributed by atoms with Gasteiger partial charge in [-0.25, -0.2) is 0 Å². The molecule has 0 amide bonds. The molecule has 2 aromatic rings. The third-order valence-electron chi connectivity index (χ3n) is 5.74. The smallest absolute Gasteiger partial charge is 0.0983 e. The van der Waals surface area contributed by atoms with Gasteiger partial charge in [-0.05, 0) is 65.1 Å². The minimum absolute atomic E-state index is 0.0511. The molecule has 1 saturated carbocycles. The van der Waals surface area contributed by atoms with Crippen LogP contribution in [0.2, 0.25) is 5.02 Å². The third-order valence-corrected chi connectivity index (χ3v) is 6.06. The van der Waals surface area contributed by atoms with Crippen LogP contribution < -0.4 is 5.32 Å². The summed E-state index contributed by atoms with van der Waals surface area (Å²) in [7, 11) is 0. The van der Waals surface area contributed by atoms with Crippen molar-refractivity contribution in [3.8, 4) is 11.3 Å². The summed E-state index contributed by atoms with van der Waals surface area (Å²) in [6.45, 7) is 11.0. The summed E-state index contributed by atoms with van der Waals surface area (Å²) in [5, 5.41) is 9.34. The zero-order chi connectivity index (χ0) is 19.0. The summed E-state index contributed by atoms with van der Waals surface area (Å²) in [4.78, 5) is 2.68. The topological polar surface area (TPSA) is 33.1 Å². The molecule has 1 aromatic heterocycles. The van der Waals surface area contributed by atoms with Gasteiger partial charge in [0, 0.05) is 36.5 Å². The fraction of sp³-hybridized carbons (Fsp3) is 0.591. The molecular formula is C22H31ClN4. The molecule has 1 saturated heterocycles. The summed E-state index contributed by atoms with van der Waals surface area (Å²) < 4.78 is 2.06. The maximum atomic E-state index is 6.47. The van der Waals surface area contributed by atoms with Crippen LogP contribution in [0, 0.1) is 5.92 Å². The standard InChI is InChI=1S/C22H31ClN4/c1-22(2,3)27-15-17(21(25-27)19-6-4-5-7-20(19)23)13-24-12-16-10-11-26(14-16)18-8-9-18/h4-7,15-16,18,24H,8-14H2,1-3H3. The molecule has 0 radical (unpaired) electrons. The monoisotopic (exact) mass is 386 g/mol. The fourth-order valence-electron chi connectivity index (χ4n) is 3.97. The Morgan fingerprint density at radius 1 is 1.19 bits per heavy atom. The van der Waals surface area contributed by atoms with Gasteiger partial charge < -0.3 is 10.2 Å². The average Bonchev–Trinajstić information content (AvgIpc) is 3.20. The van der Waals surface area contributed by atoms with Crippen LogP contribution in [0.15, 0.2) is 30.5 Å². The molecule has 4 nitrogen and oxygen atoms in total. The molecule has 4 rings (SSSR count). The Hall–Kier alpha value is -1.36. The molecule has 1 N–H and O–H groups in total. The van der Waals surface area contributed by atoms with E-state index in [0.29, 0.717) is 0 Å². The van der Waals surface area contributed by atoms with Crippen molar-refractivity contribution in [3.05, 3.63) is 41.0 Å². The van der Waals surface area contributed by atoms with Crippen molar-refractivity contribution in [2.24, 2.45) is 5.92 Å². The highest BCUT2D eigenvalue weighted by Crippen LogP contribution is 2.32. The largest absolute Gasteiger partial charge is 0.312 e. The van der Waals surface area contributed by atoms with Crippen LogP contribution >= 0.6 is 11.6 Å². The highest BCUT2D eigenvalue weighted by Gasteiger charge is 2.34. The highest BCUT2D eigenvalue weighted by molar-refractivity contribution is 6.33. The van der Waals surface area contributed by atoms with Gasteiger partial charge in [-0.15, -0.1) is 0 Å². The number of likely N-dealkylation sites (tertiary alicyclic amines) is 1. The van der Waals surface area contributed by atoms with E-state index >= 15 is 0 Å². The van der Waals surface area contributed by atoms with Gasteiger partial charge >= 0.3 is 0 Å². The van der Waals surface area contributed by atoms with E-state index in [-0.39, 0.29) is 5.54 Å². The summed E-state index contributed by atoms with van der Waals surface area (Å²) in [6, 6.07) is 8.89. The lowest BCUT2D eigenvalue weighted by molar-refractivity contribution is 0.312. The molecule has 1 aliphatic carbocycles. The Morgan fingerprint density at radius 2 is 1.96 bits per heavy atom. The van der Waals surface area contributed by atoms with Crippen LogP contribution in [-0.4, -0.2) is 40.4 Å². The Morgan fingerprint density at radius 3 is 2.67 bits per heavy atom. The number of hydrogen-bond donors (Lipinski definition) is 1. The van der Waals surface area contributed by atoms with Gasteiger partial charge in [-0.2, -0.15) is 5.10 Å². The highest BCUT2D eigenvalue weighted by atomic mass is 35.5. The molecule has 0 bridgehead atoms. The molecule has 2 fully saturated rings. The lowest BCUT2D eigenvalue weighted by atomic mass is 10.1. The quantitative estimate of drug-likeness (QED) is 0.791. The summed E-state index contributed by atoms with van der Waals surface area (Å²) in [6.07, 6.45) is 6.32. The predicted octanol–water partition coefficient (Wildman–Crippen LogP) is 4.53. The second-order valence-corrected chi connectivity index (χ2v) is 9.52. The second-order valence-electron chi connectivity index (χ2n) is 9.11. The number of nitrogens with one attached hydrogen (secondary N) is 1. The van der Waals surface area contributed by atoms with E-state index in [4.69, 9.17) is 16.7 Å². The number of hydrogen-bond acceptors (Lipinski definition) is 3. The zero-order valence-electron chi connectivity index (χ0n) is 16.7. The normalized spacial score (nSPS) is 21.1. The van der Waals surface area contributed by atoms with Crippen LogP contribution in [0.3, 0.4) is 0 Å². The van der Waals surface area contributed by atoms with E-state index in [2.05, 4.69) is 47.9 Å². The first-order valence-electron chi connectivity index (χ1n) is 10.2. The molecule has 1 unspecified atom stereocenters. The van der Waals surface area contributed by atoms with E-state index in [1.165, 1.54) is 37.9 Å². The van der Waals surface area contributed by atoms with Crippen LogP contribution in [-0.2, 0) is 12.1 Å². The van der Waals surface area contributed by atoms with E-state index in [1.54, 1.807) is 0 Å². The molecule has 146 valence electrons. The van der Waals surface area contributed by atoms with Crippen molar-refractivity contribution >= 4 is 11.6 Å². The van der Waals surface area contributed by atoms with Crippen LogP contribution in [0.5, 0.6) is 0 Å². The van der Waals surface area contributed by atoms with Gasteiger partial charge in [0.05, 0.1) is 16.3 Å². The van der Waals surface area contributed by atoms with Crippen LogP contribution in [0.25, 0.3) is 11.3 Å². The summed E-state index contributed by atoms with van der Waals surface area (Å²) >= 11 is 6.47. The van der Waals surface area contributed by atoms with E-state index in [9.17, 15) is 0 Å². The van der Waals surface area contributed by atoms with E-state index in [0.717, 1.165) is 41.3 Å². The molecule has 5 heteroatoms. The van der Waals surface area contributed by atoms with Crippen molar-refractivity contribution < 1.29 is 0 Å². The molecule has 1 aliphatic heterocycles. The fourth-order valence-corrected chi connectivity index (χ4v) is 4.20. The molecule has 27 heavy (non-hydrogen) atoms. The van der Waals surface area contributed by atoms with Gasteiger partial charge in [-0.1, -0.05) is 29.8 Å². The first-order chi connectivity index (χ1) is 12.9. The third kappa shape index (κ3) is 4.39. The SMILES string of the molecule is CC(C)(C)n1cc(CNCC2CCN(C3CC3)C2)c(-c2ccccc2Cl)n1. The van der Waals surface area contributed by atoms with Crippen molar-refractivity contribution in [2.45, 2.75) is 58.2 Å². The van der Waals surface area contributed by atoms with Crippen LogP contribution in [0.4, 0.5) is 0 Å². The maximum absolute atomic E-state index is 6.47. The van der Waals surface area contributed by atoms with Crippen molar-refractivity contribution in [2.75, 3.05) is 19.6 Å². The maximum Gasteiger partial charge on any atom is 0.0983 e. The summed E-state index contributed by atoms with van der Waals surface area (Å²) in [5.74, 6) is 0.770. The molecular weight excluding hydrogens is 356 g/mol. The number of aromatic nitrogens is 2. The van der Waals surface area contributed by atoms with Gasteiger partial charge in [-0.3, -0.25) is 4.68 Å². The van der Waals surface area contributed by atoms with Gasteiger partial charge in [0.1, 0.15) is 0 Å². The van der Waals surface area contributed by atoms with Gasteiger partial charge in [0.2, 0.25) is 0 Å². The first-order valence-corrected chi connectivity index (χ1v) is 10.6. The number of nitrogens with zero attached hydrogens (tertiary/aromatic N) is 3. The van der Waals surface area contributed by atoms with Crippen molar-refractivity contribution in [1.82, 2.24) is 20.0 Å². The second kappa shape index (κ2) is 7.57. The van der Waals surface area contributed by atoms with Crippen LogP contribution in [0.1, 0.15) is 45.6 Å². The Bertz CT molecular complexity index is 788. The van der Waals surface area contributed by atoms with Gasteiger partial charge in [0.25, 0.3) is 0 Å². The number of halogens is 1. The zero-order valence-corrected chi connectivity index (χ0v) is 17.5. The first kappa shape index (κ1) is 19.0. The Balaban J connectivity index is 1.46. The average molecular weight is 387 g/mol. The predicted molar refractivity (Wildman–Crippen MR) is 112 cm³/mol. The molecule has 0 spiro atoms. The van der Waals surface area contributed by atoms with E-state index < -0.39 is 0 Å².